The summed E-state index contributed by atoms with van der Waals surface area (Å²) in [4.78, 5) is 10.2. The van der Waals surface area contributed by atoms with Crippen molar-refractivity contribution in [1.82, 2.24) is 4.31 Å². The molecule has 0 fully saturated rings. The third-order valence-corrected chi connectivity index (χ3v) is 1.77. The Kier molecular flexibility index (Phi) is 4.30. The van der Waals surface area contributed by atoms with Crippen LogP contribution in [0.25, 0.3) is 0 Å². The molecule has 0 bridgehead atoms. The van der Waals surface area contributed by atoms with Crippen LogP contribution in [-0.4, -0.2) is 27.8 Å². The number of amides is 1. The summed E-state index contributed by atoms with van der Waals surface area (Å²) in [6.07, 6.45) is -0.857. The van der Waals surface area contributed by atoms with Crippen LogP contribution < -0.4 is 0 Å². The summed E-state index contributed by atoms with van der Waals surface area (Å²) in [5.74, 6) is 0.806. The van der Waals surface area contributed by atoms with Gasteiger partial charge in [0.2, 0.25) is 0 Å². The van der Waals surface area contributed by atoms with E-state index >= 15 is 0 Å². The standard InChI is InChI=1S/C5H11NO2S/c1-3-6(5(7)8)9-4-2/h3-4H2,1-2H3,(H,7,8). The maximum absolute atomic E-state index is 10.2. The highest BCUT2D eigenvalue weighted by Crippen LogP contribution is 2.07. The fraction of sp³-hybridized carbons (Fsp3) is 0.800. The Labute approximate surface area is 59.2 Å². The van der Waals surface area contributed by atoms with Gasteiger partial charge >= 0.3 is 6.09 Å². The molecule has 0 aromatic heterocycles. The van der Waals surface area contributed by atoms with Gasteiger partial charge in [-0.15, -0.1) is 0 Å². The van der Waals surface area contributed by atoms with Crippen molar-refractivity contribution in [2.45, 2.75) is 13.8 Å². The number of carbonyl (C=O) groups is 1. The average molecular weight is 149 g/mol. The van der Waals surface area contributed by atoms with Gasteiger partial charge in [0.05, 0.1) is 0 Å². The van der Waals surface area contributed by atoms with Crippen LogP contribution in [0.2, 0.25) is 0 Å². The third-order valence-electron chi connectivity index (χ3n) is 0.786. The van der Waals surface area contributed by atoms with E-state index in [9.17, 15) is 4.79 Å². The molecule has 0 saturated carbocycles. The molecule has 0 atom stereocenters. The Balaban J connectivity index is 3.54. The lowest BCUT2D eigenvalue weighted by molar-refractivity contribution is 0.176. The molecular formula is C5H11NO2S. The van der Waals surface area contributed by atoms with Gasteiger partial charge < -0.3 is 5.11 Å². The van der Waals surface area contributed by atoms with Crippen molar-refractivity contribution in [2.24, 2.45) is 0 Å². The van der Waals surface area contributed by atoms with Gasteiger partial charge in [-0.25, -0.2) is 4.79 Å². The van der Waals surface area contributed by atoms with Crippen LogP contribution in [0.5, 0.6) is 0 Å². The van der Waals surface area contributed by atoms with Crippen LogP contribution >= 0.6 is 11.9 Å². The van der Waals surface area contributed by atoms with Crippen molar-refractivity contribution in [3.63, 3.8) is 0 Å². The topological polar surface area (TPSA) is 40.5 Å². The highest BCUT2D eigenvalue weighted by atomic mass is 32.2. The second kappa shape index (κ2) is 4.49. The molecule has 0 heterocycles. The van der Waals surface area contributed by atoms with E-state index in [4.69, 9.17) is 5.11 Å². The first-order valence-electron chi connectivity index (χ1n) is 2.85. The Bertz CT molecular complexity index is 97.0. The van der Waals surface area contributed by atoms with E-state index in [2.05, 4.69) is 0 Å². The van der Waals surface area contributed by atoms with Crippen molar-refractivity contribution in [2.75, 3.05) is 12.3 Å². The Morgan fingerprint density at radius 3 is 2.33 bits per heavy atom. The molecule has 0 radical (unpaired) electrons. The highest BCUT2D eigenvalue weighted by Gasteiger charge is 2.06. The SMILES string of the molecule is CCSN(CC)C(=O)O. The van der Waals surface area contributed by atoms with E-state index in [0.717, 1.165) is 5.75 Å². The molecule has 0 aromatic rings. The van der Waals surface area contributed by atoms with Crippen LogP contribution in [0.15, 0.2) is 0 Å². The molecule has 9 heavy (non-hydrogen) atoms. The van der Waals surface area contributed by atoms with Gasteiger partial charge in [0.15, 0.2) is 0 Å². The lowest BCUT2D eigenvalue weighted by atomic mass is 10.8. The van der Waals surface area contributed by atoms with Gasteiger partial charge in [0, 0.05) is 12.3 Å². The number of rotatable bonds is 3. The number of nitrogens with zero attached hydrogens (tertiary/aromatic N) is 1. The summed E-state index contributed by atoms with van der Waals surface area (Å²) >= 11 is 1.32. The minimum atomic E-state index is -0.857. The largest absolute Gasteiger partial charge is 0.464 e. The molecule has 0 aliphatic heterocycles. The van der Waals surface area contributed by atoms with Crippen LogP contribution in [0, 0.1) is 0 Å². The third kappa shape index (κ3) is 3.24. The van der Waals surface area contributed by atoms with Gasteiger partial charge in [-0.05, 0) is 18.9 Å². The number of carboxylic acid groups (broad SMARTS) is 1. The second-order valence-electron chi connectivity index (χ2n) is 1.40. The Hall–Kier alpha value is -0.380. The first-order valence-corrected chi connectivity index (χ1v) is 3.80. The van der Waals surface area contributed by atoms with E-state index < -0.39 is 6.09 Å². The number of hydrogen-bond donors (Lipinski definition) is 1. The lowest BCUT2D eigenvalue weighted by Gasteiger charge is -2.12. The molecule has 0 aliphatic carbocycles. The lowest BCUT2D eigenvalue weighted by Crippen LogP contribution is -2.21. The second-order valence-corrected chi connectivity index (χ2v) is 2.67. The molecular weight excluding hydrogens is 138 g/mol. The quantitative estimate of drug-likeness (QED) is 0.620. The molecule has 0 saturated heterocycles. The maximum atomic E-state index is 10.2. The van der Waals surface area contributed by atoms with Crippen molar-refractivity contribution in [3.05, 3.63) is 0 Å². The predicted molar refractivity (Wildman–Crippen MR) is 38.5 cm³/mol. The zero-order valence-corrected chi connectivity index (χ0v) is 6.44. The van der Waals surface area contributed by atoms with E-state index in [1.807, 2.05) is 13.8 Å². The van der Waals surface area contributed by atoms with Gasteiger partial charge in [0.25, 0.3) is 0 Å². The van der Waals surface area contributed by atoms with Crippen molar-refractivity contribution < 1.29 is 9.90 Å². The molecule has 4 heteroatoms. The fourth-order valence-corrected chi connectivity index (χ4v) is 1.04. The summed E-state index contributed by atoms with van der Waals surface area (Å²) in [5, 5.41) is 8.41. The van der Waals surface area contributed by atoms with Crippen LogP contribution in [-0.2, 0) is 0 Å². The molecule has 0 aliphatic rings. The summed E-state index contributed by atoms with van der Waals surface area (Å²) in [5.41, 5.74) is 0. The molecule has 1 N–H and O–H groups in total. The summed E-state index contributed by atoms with van der Waals surface area (Å²) in [6, 6.07) is 0. The van der Waals surface area contributed by atoms with Gasteiger partial charge in [-0.1, -0.05) is 6.92 Å². The summed E-state index contributed by atoms with van der Waals surface area (Å²) in [6.45, 7) is 4.29. The van der Waals surface area contributed by atoms with Gasteiger partial charge in [0.1, 0.15) is 0 Å². The smallest absolute Gasteiger partial charge is 0.417 e. The molecule has 1 amide bonds. The van der Waals surface area contributed by atoms with Crippen LogP contribution in [0.3, 0.4) is 0 Å². The van der Waals surface area contributed by atoms with Crippen LogP contribution in [0.1, 0.15) is 13.8 Å². The highest BCUT2D eigenvalue weighted by molar-refractivity contribution is 7.97. The monoisotopic (exact) mass is 149 g/mol. The minimum Gasteiger partial charge on any atom is -0.464 e. The minimum absolute atomic E-state index is 0.549. The first-order chi connectivity index (χ1) is 4.22. The maximum Gasteiger partial charge on any atom is 0.417 e. The molecule has 3 nitrogen and oxygen atoms in total. The molecule has 0 rings (SSSR count). The predicted octanol–water partition coefficient (Wildman–Crippen LogP) is 1.65. The van der Waals surface area contributed by atoms with Crippen molar-refractivity contribution in [3.8, 4) is 0 Å². The van der Waals surface area contributed by atoms with Crippen LogP contribution in [0.4, 0.5) is 4.79 Å². The Morgan fingerprint density at radius 2 is 2.22 bits per heavy atom. The molecule has 0 unspecified atom stereocenters. The molecule has 54 valence electrons. The normalized spacial score (nSPS) is 9.11. The average Bonchev–Trinajstić information content (AvgIpc) is 1.82. The Morgan fingerprint density at radius 1 is 1.67 bits per heavy atom. The summed E-state index contributed by atoms with van der Waals surface area (Å²) in [7, 11) is 0. The van der Waals surface area contributed by atoms with E-state index in [-0.39, 0.29) is 0 Å². The van der Waals surface area contributed by atoms with Crippen molar-refractivity contribution in [1.29, 1.82) is 0 Å². The molecule has 0 aromatic carbocycles. The fourth-order valence-electron chi connectivity index (χ4n) is 0.438. The summed E-state index contributed by atoms with van der Waals surface area (Å²) < 4.78 is 1.31. The zero-order chi connectivity index (χ0) is 7.28. The molecule has 0 spiro atoms. The van der Waals surface area contributed by atoms with Crippen molar-refractivity contribution >= 4 is 18.0 Å². The van der Waals surface area contributed by atoms with Gasteiger partial charge in [-0.3, -0.25) is 4.31 Å². The van der Waals surface area contributed by atoms with E-state index in [0.29, 0.717) is 6.54 Å². The first kappa shape index (κ1) is 8.62. The van der Waals surface area contributed by atoms with E-state index in [1.165, 1.54) is 16.3 Å². The van der Waals surface area contributed by atoms with E-state index in [1.54, 1.807) is 0 Å². The van der Waals surface area contributed by atoms with Gasteiger partial charge in [-0.2, -0.15) is 0 Å². The zero-order valence-electron chi connectivity index (χ0n) is 5.63. The number of hydrogen-bond acceptors (Lipinski definition) is 2.